The minimum Gasteiger partial charge on any atom is -0.417 e. The Morgan fingerprint density at radius 1 is 1.40 bits per heavy atom. The molecule has 0 spiro atoms. The third-order valence-electron chi connectivity index (χ3n) is 1.72. The first-order valence-corrected chi connectivity index (χ1v) is 4.39. The van der Waals surface area contributed by atoms with Crippen LogP contribution in [0.1, 0.15) is 11.4 Å². The molecule has 0 fully saturated rings. The Labute approximate surface area is 86.0 Å². The molecular formula is C9H10N4O2. The van der Waals surface area contributed by atoms with Crippen molar-refractivity contribution >= 4 is 0 Å². The van der Waals surface area contributed by atoms with Crippen molar-refractivity contribution in [1.29, 1.82) is 0 Å². The summed E-state index contributed by atoms with van der Waals surface area (Å²) in [6.45, 7) is 1.71. The van der Waals surface area contributed by atoms with Crippen LogP contribution in [0.5, 0.6) is 11.8 Å². The highest BCUT2D eigenvalue weighted by Crippen LogP contribution is 2.16. The van der Waals surface area contributed by atoms with Crippen LogP contribution in [0.2, 0.25) is 0 Å². The molecule has 2 aromatic heterocycles. The minimum atomic E-state index is -0.163. The third kappa shape index (κ3) is 2.29. The molecule has 78 valence electrons. The van der Waals surface area contributed by atoms with Crippen LogP contribution in [-0.4, -0.2) is 25.3 Å². The van der Waals surface area contributed by atoms with Gasteiger partial charge in [0.2, 0.25) is 11.8 Å². The molecule has 6 nitrogen and oxygen atoms in total. The Bertz CT molecular complexity index is 455. The maximum atomic E-state index is 8.85. The first kappa shape index (κ1) is 9.60. The van der Waals surface area contributed by atoms with Crippen molar-refractivity contribution in [3.63, 3.8) is 0 Å². The number of nitrogens with one attached hydrogen (secondary N) is 1. The summed E-state index contributed by atoms with van der Waals surface area (Å²) in [6.07, 6.45) is 2.94. The molecule has 0 amide bonds. The van der Waals surface area contributed by atoms with Gasteiger partial charge in [-0.05, 0) is 6.92 Å². The zero-order chi connectivity index (χ0) is 10.7. The van der Waals surface area contributed by atoms with Gasteiger partial charge in [-0.25, -0.2) is 4.98 Å². The van der Waals surface area contributed by atoms with Gasteiger partial charge < -0.3 is 9.84 Å². The Kier molecular flexibility index (Phi) is 2.59. The summed E-state index contributed by atoms with van der Waals surface area (Å²) in [7, 11) is 0. The molecule has 0 aliphatic carbocycles. The van der Waals surface area contributed by atoms with E-state index in [1.54, 1.807) is 6.07 Å². The second-order valence-electron chi connectivity index (χ2n) is 3.00. The molecule has 0 saturated heterocycles. The Morgan fingerprint density at radius 3 is 2.93 bits per heavy atom. The van der Waals surface area contributed by atoms with Crippen LogP contribution in [0.4, 0.5) is 0 Å². The molecular weight excluding hydrogens is 196 g/mol. The number of hydrogen-bond acceptors (Lipinski definition) is 5. The van der Waals surface area contributed by atoms with Gasteiger partial charge in [-0.3, -0.25) is 10.1 Å². The van der Waals surface area contributed by atoms with Crippen LogP contribution >= 0.6 is 0 Å². The van der Waals surface area contributed by atoms with Gasteiger partial charge in [0.15, 0.2) is 0 Å². The van der Waals surface area contributed by atoms with Crippen molar-refractivity contribution < 1.29 is 9.84 Å². The summed E-state index contributed by atoms with van der Waals surface area (Å²) < 4.78 is 5.31. The molecule has 2 aromatic rings. The zero-order valence-corrected chi connectivity index (χ0v) is 8.14. The fraction of sp³-hybridized carbons (Fsp3) is 0.222. The van der Waals surface area contributed by atoms with Crippen molar-refractivity contribution in [3.05, 3.63) is 29.8 Å². The van der Waals surface area contributed by atoms with Crippen LogP contribution in [-0.2, 0) is 6.61 Å². The van der Waals surface area contributed by atoms with E-state index in [4.69, 9.17) is 9.84 Å². The highest BCUT2D eigenvalue weighted by Gasteiger charge is 2.03. The maximum absolute atomic E-state index is 8.85. The lowest BCUT2D eigenvalue weighted by atomic mass is 10.5. The van der Waals surface area contributed by atoms with Crippen LogP contribution < -0.4 is 4.74 Å². The molecule has 0 aliphatic rings. The number of hydrogen-bond donors (Lipinski definition) is 2. The second kappa shape index (κ2) is 4.05. The predicted molar refractivity (Wildman–Crippen MR) is 51.4 cm³/mol. The quantitative estimate of drug-likeness (QED) is 0.775. The summed E-state index contributed by atoms with van der Waals surface area (Å²) in [6, 6.07) is 1.74. The molecule has 0 bridgehead atoms. The van der Waals surface area contributed by atoms with Crippen molar-refractivity contribution in [1.82, 2.24) is 20.2 Å². The van der Waals surface area contributed by atoms with Gasteiger partial charge in [-0.15, -0.1) is 5.10 Å². The largest absolute Gasteiger partial charge is 0.417 e. The zero-order valence-electron chi connectivity index (χ0n) is 8.14. The van der Waals surface area contributed by atoms with E-state index in [-0.39, 0.29) is 6.61 Å². The van der Waals surface area contributed by atoms with Gasteiger partial charge in [-0.1, -0.05) is 0 Å². The number of H-pyrrole nitrogens is 1. The van der Waals surface area contributed by atoms with E-state index in [2.05, 4.69) is 20.2 Å². The number of aryl methyl sites for hydroxylation is 1. The lowest BCUT2D eigenvalue weighted by Gasteiger charge is -2.00. The summed E-state index contributed by atoms with van der Waals surface area (Å²) in [4.78, 5) is 7.88. The van der Waals surface area contributed by atoms with Crippen molar-refractivity contribution in [2.45, 2.75) is 13.5 Å². The molecule has 0 aromatic carbocycles. The maximum Gasteiger partial charge on any atom is 0.240 e. The van der Waals surface area contributed by atoms with E-state index >= 15 is 0 Å². The summed E-state index contributed by atoms with van der Waals surface area (Å²) >= 11 is 0. The van der Waals surface area contributed by atoms with Gasteiger partial charge >= 0.3 is 0 Å². The molecule has 6 heteroatoms. The number of aliphatic hydroxyl groups excluding tert-OH is 1. The molecule has 0 aliphatic heterocycles. The van der Waals surface area contributed by atoms with Gasteiger partial charge in [-0.2, -0.15) is 0 Å². The standard InChI is InChI=1S/C9H10N4O2/c1-6-2-8(13-12-6)15-9-4-10-3-7(5-14)11-9/h2-4,14H,5H2,1H3,(H,12,13). The van der Waals surface area contributed by atoms with Crippen molar-refractivity contribution in [3.8, 4) is 11.8 Å². The average molecular weight is 206 g/mol. The molecule has 15 heavy (non-hydrogen) atoms. The molecule has 2 heterocycles. The van der Waals surface area contributed by atoms with E-state index in [0.29, 0.717) is 17.5 Å². The minimum absolute atomic E-state index is 0.163. The van der Waals surface area contributed by atoms with Gasteiger partial charge in [0.05, 0.1) is 24.7 Å². The second-order valence-corrected chi connectivity index (χ2v) is 3.00. The summed E-state index contributed by atoms with van der Waals surface area (Å²) in [5.74, 6) is 0.741. The average Bonchev–Trinajstić information content (AvgIpc) is 2.64. The number of ether oxygens (including phenoxy) is 1. The Hall–Kier alpha value is -1.95. The molecule has 2 rings (SSSR count). The van der Waals surface area contributed by atoms with Crippen molar-refractivity contribution in [2.24, 2.45) is 0 Å². The molecule has 2 N–H and O–H groups in total. The number of aliphatic hydroxyl groups is 1. The normalized spacial score (nSPS) is 10.3. The predicted octanol–water partition coefficient (Wildman–Crippen LogP) is 0.793. The third-order valence-corrected chi connectivity index (χ3v) is 1.72. The Morgan fingerprint density at radius 2 is 2.27 bits per heavy atom. The lowest BCUT2D eigenvalue weighted by molar-refractivity contribution is 0.274. The number of aromatic amines is 1. The lowest BCUT2D eigenvalue weighted by Crippen LogP contribution is -1.94. The van der Waals surface area contributed by atoms with Crippen LogP contribution in [0.25, 0.3) is 0 Å². The number of nitrogens with zero attached hydrogens (tertiary/aromatic N) is 3. The SMILES string of the molecule is Cc1cc(Oc2cncc(CO)n2)n[nH]1. The van der Waals surface area contributed by atoms with E-state index in [1.165, 1.54) is 12.4 Å². The van der Waals surface area contributed by atoms with Crippen LogP contribution in [0.3, 0.4) is 0 Å². The first-order chi connectivity index (χ1) is 7.28. The summed E-state index contributed by atoms with van der Waals surface area (Å²) in [5, 5.41) is 15.5. The van der Waals surface area contributed by atoms with Gasteiger partial charge in [0.25, 0.3) is 0 Å². The monoisotopic (exact) mass is 206 g/mol. The number of aromatic nitrogens is 4. The van der Waals surface area contributed by atoms with E-state index < -0.39 is 0 Å². The molecule has 0 saturated carbocycles. The highest BCUT2D eigenvalue weighted by atomic mass is 16.5. The van der Waals surface area contributed by atoms with E-state index in [1.807, 2.05) is 6.92 Å². The first-order valence-electron chi connectivity index (χ1n) is 4.39. The molecule has 0 unspecified atom stereocenters. The smallest absolute Gasteiger partial charge is 0.240 e. The van der Waals surface area contributed by atoms with Crippen LogP contribution in [0, 0.1) is 6.92 Å². The fourth-order valence-electron chi connectivity index (χ4n) is 1.06. The van der Waals surface area contributed by atoms with E-state index in [9.17, 15) is 0 Å². The Balaban J connectivity index is 2.16. The fourth-order valence-corrected chi connectivity index (χ4v) is 1.06. The van der Waals surface area contributed by atoms with Gasteiger partial charge in [0.1, 0.15) is 0 Å². The van der Waals surface area contributed by atoms with Gasteiger partial charge in [0, 0.05) is 11.8 Å². The number of rotatable bonds is 3. The topological polar surface area (TPSA) is 83.9 Å². The summed E-state index contributed by atoms with van der Waals surface area (Å²) in [5.41, 5.74) is 1.36. The highest BCUT2D eigenvalue weighted by molar-refractivity contribution is 5.19. The molecule has 0 radical (unpaired) electrons. The molecule has 0 atom stereocenters. The van der Waals surface area contributed by atoms with E-state index in [0.717, 1.165) is 5.69 Å². The van der Waals surface area contributed by atoms with Crippen molar-refractivity contribution in [2.75, 3.05) is 0 Å². The van der Waals surface area contributed by atoms with Crippen LogP contribution in [0.15, 0.2) is 18.5 Å².